The fourth-order valence-electron chi connectivity index (χ4n) is 3.55. The van der Waals surface area contributed by atoms with Gasteiger partial charge in [-0.25, -0.2) is 4.98 Å². The molecule has 2 aliphatic heterocycles. The first kappa shape index (κ1) is 17.0. The second kappa shape index (κ2) is 7.36. The molecule has 2 unspecified atom stereocenters. The number of rotatable bonds is 5. The zero-order valence-electron chi connectivity index (χ0n) is 14.8. The molecule has 1 fully saturated rings. The Labute approximate surface area is 143 Å². The number of hydrogen-bond donors (Lipinski definition) is 1. The molecule has 0 aliphatic carbocycles. The van der Waals surface area contributed by atoms with E-state index in [1.807, 2.05) is 9.47 Å². The van der Waals surface area contributed by atoms with Crippen LogP contribution in [-0.4, -0.2) is 45.9 Å². The van der Waals surface area contributed by atoms with Gasteiger partial charge >= 0.3 is 0 Å². The van der Waals surface area contributed by atoms with Crippen LogP contribution < -0.4 is 5.32 Å². The number of aromatic nitrogens is 2. The minimum absolute atomic E-state index is 0.0285. The highest BCUT2D eigenvalue weighted by molar-refractivity contribution is 5.93. The number of nitrogens with one attached hydrogen (secondary N) is 1. The summed E-state index contributed by atoms with van der Waals surface area (Å²) in [6.45, 7) is 7.36. The van der Waals surface area contributed by atoms with Crippen LogP contribution in [0, 0.1) is 11.8 Å². The first-order chi connectivity index (χ1) is 11.6. The van der Waals surface area contributed by atoms with Crippen LogP contribution in [-0.2, 0) is 17.8 Å². The molecule has 1 aromatic heterocycles. The molecule has 1 aromatic rings. The van der Waals surface area contributed by atoms with E-state index in [4.69, 9.17) is 0 Å². The van der Waals surface area contributed by atoms with E-state index in [1.54, 1.807) is 6.33 Å². The maximum Gasteiger partial charge on any atom is 0.271 e. The van der Waals surface area contributed by atoms with Gasteiger partial charge in [-0.2, -0.15) is 0 Å². The topological polar surface area (TPSA) is 67.2 Å². The molecule has 0 spiro atoms. The van der Waals surface area contributed by atoms with Gasteiger partial charge in [-0.3, -0.25) is 9.59 Å². The van der Waals surface area contributed by atoms with Gasteiger partial charge in [0.05, 0.1) is 17.9 Å². The van der Waals surface area contributed by atoms with Crippen molar-refractivity contribution in [3.63, 3.8) is 0 Å². The number of fused-ring (bicyclic) bond motifs is 1. The standard InChI is InChI=1S/C18H28N4O2/c1-3-13(2)10-19-17(23)16-15-7-6-14(11-22(15)12-20-16)18(24)21-8-4-5-9-21/h12-14H,3-11H2,1-2H3,(H,19,23). The summed E-state index contributed by atoms with van der Waals surface area (Å²) >= 11 is 0. The summed E-state index contributed by atoms with van der Waals surface area (Å²) < 4.78 is 2.00. The van der Waals surface area contributed by atoms with Crippen LogP contribution in [0.2, 0.25) is 0 Å². The molecular formula is C18H28N4O2. The highest BCUT2D eigenvalue weighted by Crippen LogP contribution is 2.25. The second-order valence-electron chi connectivity index (χ2n) is 7.18. The number of carbonyl (C=O) groups excluding carboxylic acids is 2. The fraction of sp³-hybridized carbons (Fsp3) is 0.722. The maximum atomic E-state index is 12.6. The number of carbonyl (C=O) groups is 2. The number of likely N-dealkylation sites (tertiary alicyclic amines) is 1. The molecule has 0 saturated carbocycles. The van der Waals surface area contributed by atoms with E-state index in [9.17, 15) is 9.59 Å². The Morgan fingerprint density at radius 2 is 2.12 bits per heavy atom. The van der Waals surface area contributed by atoms with E-state index < -0.39 is 0 Å². The molecule has 3 heterocycles. The van der Waals surface area contributed by atoms with Crippen LogP contribution in [0.4, 0.5) is 0 Å². The Hall–Kier alpha value is -1.85. The molecule has 0 bridgehead atoms. The fourth-order valence-corrected chi connectivity index (χ4v) is 3.55. The molecule has 132 valence electrons. The number of imidazole rings is 1. The summed E-state index contributed by atoms with van der Waals surface area (Å²) in [4.78, 5) is 31.2. The Morgan fingerprint density at radius 1 is 1.38 bits per heavy atom. The van der Waals surface area contributed by atoms with Crippen LogP contribution in [0.15, 0.2) is 6.33 Å². The highest BCUT2D eigenvalue weighted by atomic mass is 16.2. The van der Waals surface area contributed by atoms with E-state index in [-0.39, 0.29) is 17.7 Å². The number of nitrogens with zero attached hydrogens (tertiary/aromatic N) is 3. The van der Waals surface area contributed by atoms with Gasteiger partial charge < -0.3 is 14.8 Å². The van der Waals surface area contributed by atoms with Crippen LogP contribution in [0.1, 0.15) is 55.7 Å². The van der Waals surface area contributed by atoms with Crippen molar-refractivity contribution in [2.45, 2.75) is 52.5 Å². The predicted molar refractivity (Wildman–Crippen MR) is 91.6 cm³/mol. The molecule has 2 atom stereocenters. The first-order valence-electron chi connectivity index (χ1n) is 9.21. The Kier molecular flexibility index (Phi) is 5.21. The van der Waals surface area contributed by atoms with Gasteiger partial charge in [-0.05, 0) is 31.6 Å². The average Bonchev–Trinajstić information content (AvgIpc) is 3.27. The summed E-state index contributed by atoms with van der Waals surface area (Å²) in [6.07, 6.45) is 6.56. The first-order valence-corrected chi connectivity index (χ1v) is 9.21. The van der Waals surface area contributed by atoms with Gasteiger partial charge in [0.1, 0.15) is 5.69 Å². The van der Waals surface area contributed by atoms with E-state index in [2.05, 4.69) is 24.1 Å². The smallest absolute Gasteiger partial charge is 0.271 e. The monoisotopic (exact) mass is 332 g/mol. The summed E-state index contributed by atoms with van der Waals surface area (Å²) in [5.41, 5.74) is 1.51. The molecule has 0 radical (unpaired) electrons. The molecule has 1 N–H and O–H groups in total. The van der Waals surface area contributed by atoms with E-state index in [0.717, 1.165) is 50.9 Å². The van der Waals surface area contributed by atoms with Crippen LogP contribution in [0.25, 0.3) is 0 Å². The molecule has 2 amide bonds. The molecular weight excluding hydrogens is 304 g/mol. The van der Waals surface area contributed by atoms with Crippen molar-refractivity contribution in [1.29, 1.82) is 0 Å². The lowest BCUT2D eigenvalue weighted by Gasteiger charge is -2.27. The SMILES string of the molecule is CCC(C)CNC(=O)c1ncn2c1CCC(C(=O)N1CCCC1)C2. The molecule has 0 aromatic carbocycles. The number of hydrogen-bond acceptors (Lipinski definition) is 3. The van der Waals surface area contributed by atoms with Crippen LogP contribution in [0.5, 0.6) is 0 Å². The molecule has 3 rings (SSSR count). The van der Waals surface area contributed by atoms with Crippen molar-refractivity contribution in [3.05, 3.63) is 17.7 Å². The summed E-state index contributed by atoms with van der Waals surface area (Å²) in [5.74, 6) is 0.679. The van der Waals surface area contributed by atoms with Crippen molar-refractivity contribution in [2.24, 2.45) is 11.8 Å². The summed E-state index contributed by atoms with van der Waals surface area (Å²) in [5, 5.41) is 2.97. The van der Waals surface area contributed by atoms with E-state index >= 15 is 0 Å². The third kappa shape index (κ3) is 3.47. The van der Waals surface area contributed by atoms with Crippen molar-refractivity contribution < 1.29 is 9.59 Å². The van der Waals surface area contributed by atoms with Crippen molar-refractivity contribution in [1.82, 2.24) is 19.8 Å². The molecule has 24 heavy (non-hydrogen) atoms. The Balaban J connectivity index is 1.63. The summed E-state index contributed by atoms with van der Waals surface area (Å²) in [7, 11) is 0. The van der Waals surface area contributed by atoms with Gasteiger partial charge in [0.15, 0.2) is 0 Å². The van der Waals surface area contributed by atoms with Gasteiger partial charge in [0.2, 0.25) is 5.91 Å². The van der Waals surface area contributed by atoms with Gasteiger partial charge in [0.25, 0.3) is 5.91 Å². The highest BCUT2D eigenvalue weighted by Gasteiger charge is 2.31. The van der Waals surface area contributed by atoms with Crippen molar-refractivity contribution in [2.75, 3.05) is 19.6 Å². The largest absolute Gasteiger partial charge is 0.350 e. The lowest BCUT2D eigenvalue weighted by Crippen LogP contribution is -2.38. The maximum absolute atomic E-state index is 12.6. The third-order valence-electron chi connectivity index (χ3n) is 5.38. The normalized spacial score (nSPS) is 21.4. The van der Waals surface area contributed by atoms with Gasteiger partial charge in [-0.15, -0.1) is 0 Å². The quantitative estimate of drug-likeness (QED) is 0.895. The Bertz CT molecular complexity index is 604. The van der Waals surface area contributed by atoms with Crippen molar-refractivity contribution in [3.8, 4) is 0 Å². The van der Waals surface area contributed by atoms with Crippen molar-refractivity contribution >= 4 is 11.8 Å². The molecule has 2 aliphatic rings. The molecule has 1 saturated heterocycles. The lowest BCUT2D eigenvalue weighted by atomic mass is 9.95. The predicted octanol–water partition coefficient (Wildman–Crippen LogP) is 1.84. The van der Waals surface area contributed by atoms with E-state index in [0.29, 0.717) is 24.7 Å². The summed E-state index contributed by atoms with van der Waals surface area (Å²) in [6, 6.07) is 0. The Morgan fingerprint density at radius 3 is 2.83 bits per heavy atom. The lowest BCUT2D eigenvalue weighted by molar-refractivity contribution is -0.135. The van der Waals surface area contributed by atoms with E-state index in [1.165, 1.54) is 0 Å². The minimum atomic E-state index is -0.0895. The van der Waals surface area contributed by atoms with Gasteiger partial charge in [0, 0.05) is 26.2 Å². The van der Waals surface area contributed by atoms with Crippen LogP contribution >= 0.6 is 0 Å². The molecule has 6 heteroatoms. The minimum Gasteiger partial charge on any atom is -0.350 e. The number of amides is 2. The van der Waals surface area contributed by atoms with Crippen LogP contribution in [0.3, 0.4) is 0 Å². The third-order valence-corrected chi connectivity index (χ3v) is 5.38. The molecule has 6 nitrogen and oxygen atoms in total. The van der Waals surface area contributed by atoms with Gasteiger partial charge in [-0.1, -0.05) is 20.3 Å². The second-order valence-corrected chi connectivity index (χ2v) is 7.18. The zero-order chi connectivity index (χ0) is 17.1. The average molecular weight is 332 g/mol. The zero-order valence-corrected chi connectivity index (χ0v) is 14.8.